The van der Waals surface area contributed by atoms with Crippen LogP contribution in [0.25, 0.3) is 11.3 Å². The second kappa shape index (κ2) is 7.75. The van der Waals surface area contributed by atoms with Crippen LogP contribution >= 0.6 is 0 Å². The molecule has 4 rings (SSSR count). The molecule has 30 heavy (non-hydrogen) atoms. The number of ketones is 1. The molecule has 2 aromatic carbocycles. The van der Waals surface area contributed by atoms with Crippen LogP contribution in [0, 0.1) is 6.92 Å². The third-order valence-electron chi connectivity index (χ3n) is 5.73. The molecular weight excluding hydrogens is 376 g/mol. The minimum atomic E-state index is -0.498. The second-order valence-electron chi connectivity index (χ2n) is 7.76. The van der Waals surface area contributed by atoms with Gasteiger partial charge in [0.05, 0.1) is 18.2 Å². The lowest BCUT2D eigenvalue weighted by Crippen LogP contribution is -2.28. The fourth-order valence-corrected chi connectivity index (χ4v) is 3.67. The Morgan fingerprint density at radius 1 is 0.967 bits per heavy atom. The van der Waals surface area contributed by atoms with Crippen LogP contribution in [0.3, 0.4) is 0 Å². The first-order valence-electron chi connectivity index (χ1n) is 9.98. The maximum Gasteiger partial charge on any atom is 0.236 e. The molecular formula is C25H24N2O3. The van der Waals surface area contributed by atoms with Gasteiger partial charge >= 0.3 is 0 Å². The first kappa shape index (κ1) is 19.8. The number of carbonyl (C=O) groups is 2. The Kier molecular flexibility index (Phi) is 5.12. The Hall–Kier alpha value is -3.47. The minimum Gasteiger partial charge on any atom is -0.497 e. The Bertz CT molecular complexity index is 1100. The molecule has 0 aliphatic heterocycles. The van der Waals surface area contributed by atoms with Gasteiger partial charge in [-0.2, -0.15) is 0 Å². The summed E-state index contributed by atoms with van der Waals surface area (Å²) in [5.74, 6) is 1.29. The Morgan fingerprint density at radius 3 is 2.20 bits per heavy atom. The summed E-state index contributed by atoms with van der Waals surface area (Å²) < 4.78 is 5.22. The van der Waals surface area contributed by atoms with Gasteiger partial charge < -0.3 is 10.1 Å². The average Bonchev–Trinajstić information content (AvgIpc) is 3.57. The van der Waals surface area contributed by atoms with Crippen molar-refractivity contribution in [2.24, 2.45) is 0 Å². The standard InChI is InChI=1S/C25H24N2O3/c1-16-4-13-22(26-23(16)19-7-5-18(6-8-19)17(2)28)27-24(29)25(14-15-25)20-9-11-21(30-3)12-10-20/h4-13H,14-15H2,1-3H3,(H,26,27,29). The van der Waals surface area contributed by atoms with E-state index in [0.29, 0.717) is 11.4 Å². The topological polar surface area (TPSA) is 68.3 Å². The zero-order valence-electron chi connectivity index (χ0n) is 17.4. The number of rotatable bonds is 6. The number of pyridine rings is 1. The van der Waals surface area contributed by atoms with E-state index in [1.807, 2.05) is 55.5 Å². The summed E-state index contributed by atoms with van der Waals surface area (Å²) >= 11 is 0. The number of hydrogen-bond donors (Lipinski definition) is 1. The molecule has 0 unspecified atom stereocenters. The van der Waals surface area contributed by atoms with Gasteiger partial charge in [0.1, 0.15) is 11.6 Å². The predicted octanol–water partition coefficient (Wildman–Crippen LogP) is 4.94. The highest BCUT2D eigenvalue weighted by molar-refractivity contribution is 6.01. The highest BCUT2D eigenvalue weighted by Crippen LogP contribution is 2.49. The minimum absolute atomic E-state index is 0.0282. The van der Waals surface area contributed by atoms with Crippen molar-refractivity contribution in [2.45, 2.75) is 32.1 Å². The van der Waals surface area contributed by atoms with Crippen LogP contribution < -0.4 is 10.1 Å². The van der Waals surface area contributed by atoms with Crippen molar-refractivity contribution < 1.29 is 14.3 Å². The van der Waals surface area contributed by atoms with Gasteiger partial charge in [-0.15, -0.1) is 0 Å². The molecule has 0 atom stereocenters. The van der Waals surface area contributed by atoms with Crippen molar-refractivity contribution in [3.63, 3.8) is 0 Å². The molecule has 1 aromatic heterocycles. The van der Waals surface area contributed by atoms with E-state index in [4.69, 9.17) is 4.74 Å². The quantitative estimate of drug-likeness (QED) is 0.595. The number of carbonyl (C=O) groups excluding carboxylic acids is 2. The van der Waals surface area contributed by atoms with Gasteiger partial charge in [0.2, 0.25) is 5.91 Å². The molecule has 5 nitrogen and oxygen atoms in total. The summed E-state index contributed by atoms with van der Waals surface area (Å²) in [5, 5.41) is 3.00. The van der Waals surface area contributed by atoms with Gasteiger partial charge in [0.15, 0.2) is 5.78 Å². The zero-order valence-corrected chi connectivity index (χ0v) is 17.4. The molecule has 1 saturated carbocycles. The van der Waals surface area contributed by atoms with Gasteiger partial charge in [0, 0.05) is 11.1 Å². The van der Waals surface area contributed by atoms with Crippen LogP contribution in [0.5, 0.6) is 5.75 Å². The molecule has 1 aliphatic carbocycles. The smallest absolute Gasteiger partial charge is 0.236 e. The Balaban J connectivity index is 1.57. The van der Waals surface area contributed by atoms with E-state index in [9.17, 15) is 9.59 Å². The van der Waals surface area contributed by atoms with Crippen molar-refractivity contribution in [3.05, 3.63) is 77.4 Å². The molecule has 3 aromatic rings. The van der Waals surface area contributed by atoms with E-state index in [1.54, 1.807) is 26.2 Å². The monoisotopic (exact) mass is 400 g/mol. The number of benzene rings is 2. The first-order chi connectivity index (χ1) is 14.4. The van der Waals surface area contributed by atoms with Crippen molar-refractivity contribution in [1.29, 1.82) is 0 Å². The second-order valence-corrected chi connectivity index (χ2v) is 7.76. The lowest BCUT2D eigenvalue weighted by atomic mass is 9.95. The molecule has 0 bridgehead atoms. The number of nitrogens with zero attached hydrogens (tertiary/aromatic N) is 1. The number of anilines is 1. The molecule has 0 saturated heterocycles. The molecule has 0 spiro atoms. The Morgan fingerprint density at radius 2 is 1.63 bits per heavy atom. The molecule has 1 aliphatic rings. The van der Waals surface area contributed by atoms with E-state index in [-0.39, 0.29) is 11.7 Å². The number of Topliss-reactive ketones (excluding diaryl/α,β-unsaturated/α-hetero) is 1. The Labute approximate surface area is 176 Å². The zero-order chi connectivity index (χ0) is 21.3. The van der Waals surface area contributed by atoms with Gasteiger partial charge in [0.25, 0.3) is 0 Å². The molecule has 152 valence electrons. The fraction of sp³-hybridized carbons (Fsp3) is 0.240. The van der Waals surface area contributed by atoms with Gasteiger partial charge in [-0.1, -0.05) is 42.5 Å². The SMILES string of the molecule is COc1ccc(C2(C(=O)Nc3ccc(C)c(-c4ccc(C(C)=O)cc4)n3)CC2)cc1. The summed E-state index contributed by atoms with van der Waals surface area (Å²) in [4.78, 5) is 29.3. The van der Waals surface area contributed by atoms with Crippen molar-refractivity contribution >= 4 is 17.5 Å². The fourth-order valence-electron chi connectivity index (χ4n) is 3.67. The third-order valence-corrected chi connectivity index (χ3v) is 5.73. The molecule has 1 heterocycles. The van der Waals surface area contributed by atoms with Gasteiger partial charge in [-0.3, -0.25) is 9.59 Å². The molecule has 1 fully saturated rings. The van der Waals surface area contributed by atoms with Crippen molar-refractivity contribution in [1.82, 2.24) is 4.98 Å². The summed E-state index contributed by atoms with van der Waals surface area (Å²) in [7, 11) is 1.63. The first-order valence-corrected chi connectivity index (χ1v) is 9.98. The van der Waals surface area contributed by atoms with E-state index < -0.39 is 5.41 Å². The summed E-state index contributed by atoms with van der Waals surface area (Å²) in [6.45, 7) is 3.53. The number of aromatic nitrogens is 1. The normalized spacial score (nSPS) is 14.1. The lowest BCUT2D eigenvalue weighted by molar-refractivity contribution is -0.118. The van der Waals surface area contributed by atoms with Crippen LogP contribution in [0.4, 0.5) is 5.82 Å². The molecule has 5 heteroatoms. The molecule has 0 radical (unpaired) electrons. The van der Waals surface area contributed by atoms with Crippen molar-refractivity contribution in [2.75, 3.05) is 12.4 Å². The number of nitrogens with one attached hydrogen (secondary N) is 1. The third kappa shape index (κ3) is 3.71. The summed E-state index contributed by atoms with van der Waals surface area (Å²) in [6, 6.07) is 18.8. The maximum absolute atomic E-state index is 13.1. The maximum atomic E-state index is 13.1. The van der Waals surface area contributed by atoms with Crippen LogP contribution in [0.15, 0.2) is 60.7 Å². The van der Waals surface area contributed by atoms with E-state index >= 15 is 0 Å². The number of hydrogen-bond acceptors (Lipinski definition) is 4. The van der Waals surface area contributed by atoms with E-state index in [2.05, 4.69) is 10.3 Å². The highest BCUT2D eigenvalue weighted by atomic mass is 16.5. The van der Waals surface area contributed by atoms with Crippen LogP contribution in [-0.4, -0.2) is 23.8 Å². The van der Waals surface area contributed by atoms with Crippen LogP contribution in [0.2, 0.25) is 0 Å². The number of ether oxygens (including phenoxy) is 1. The van der Waals surface area contributed by atoms with Crippen molar-refractivity contribution in [3.8, 4) is 17.0 Å². The predicted molar refractivity (Wildman–Crippen MR) is 117 cm³/mol. The highest BCUT2D eigenvalue weighted by Gasteiger charge is 2.51. The lowest BCUT2D eigenvalue weighted by Gasteiger charge is -2.17. The number of aryl methyl sites for hydroxylation is 1. The van der Waals surface area contributed by atoms with Crippen LogP contribution in [-0.2, 0) is 10.2 Å². The number of amides is 1. The number of methoxy groups -OCH3 is 1. The van der Waals surface area contributed by atoms with Gasteiger partial charge in [-0.25, -0.2) is 4.98 Å². The summed E-state index contributed by atoms with van der Waals surface area (Å²) in [6.07, 6.45) is 1.63. The summed E-state index contributed by atoms with van der Waals surface area (Å²) in [5.41, 5.74) is 3.85. The van der Waals surface area contributed by atoms with E-state index in [0.717, 1.165) is 41.0 Å². The van der Waals surface area contributed by atoms with Crippen LogP contribution in [0.1, 0.15) is 41.3 Å². The van der Waals surface area contributed by atoms with E-state index in [1.165, 1.54) is 0 Å². The largest absolute Gasteiger partial charge is 0.497 e. The molecule has 1 N–H and O–H groups in total. The molecule has 1 amide bonds. The average molecular weight is 400 g/mol. The van der Waals surface area contributed by atoms with Gasteiger partial charge in [-0.05, 0) is 56.0 Å².